The molecule has 542 valence electrons. The third-order valence-corrected chi connectivity index (χ3v) is 20.5. The van der Waals surface area contributed by atoms with Gasteiger partial charge in [0.25, 0.3) is 0 Å². The SMILES string of the molecule is Cc1ccccc1-c1cc2cc(C(C)C)cnc2c[n+]1C.Cc1ccccc1-c1cc2cncc(C(C)C)c2c[n+]1C.Cc1ccccc1-c1cc2cncc(CC(C)C)c2c[n+]1C.Cc1ccccc1-c1cc2nccc(C(C)C)c2c[n+]1C.Cc1ccccc1-c1cc2nccc(CC(C)C)c2c[n+]1C. The summed E-state index contributed by atoms with van der Waals surface area (Å²) in [5.74, 6) is 2.75. The summed E-state index contributed by atoms with van der Waals surface area (Å²) in [5, 5.41) is 8.73. The highest BCUT2D eigenvalue weighted by atomic mass is 15.0. The smallest absolute Gasteiger partial charge is 0.214 e. The molecular weight excluding hydrogens is 1310 g/mol. The zero-order chi connectivity index (χ0) is 76.3. The molecule has 15 aromatic rings. The molecular formula is C97H109N10+5. The highest BCUT2D eigenvalue weighted by Gasteiger charge is 2.22. The van der Waals surface area contributed by atoms with Crippen LogP contribution in [0.3, 0.4) is 0 Å². The van der Waals surface area contributed by atoms with Gasteiger partial charge in [0.2, 0.25) is 28.5 Å². The molecule has 0 atom stereocenters. The van der Waals surface area contributed by atoms with E-state index >= 15 is 0 Å². The van der Waals surface area contributed by atoms with Crippen molar-refractivity contribution >= 4 is 54.3 Å². The fourth-order valence-electron chi connectivity index (χ4n) is 14.5. The van der Waals surface area contributed by atoms with Gasteiger partial charge in [0.15, 0.2) is 31.0 Å². The van der Waals surface area contributed by atoms with Crippen LogP contribution in [-0.2, 0) is 48.1 Å². The summed E-state index contributed by atoms with van der Waals surface area (Å²) in [6.45, 7) is 33.1. The Morgan fingerprint density at radius 3 is 1.09 bits per heavy atom. The van der Waals surface area contributed by atoms with E-state index in [4.69, 9.17) is 0 Å². The summed E-state index contributed by atoms with van der Waals surface area (Å²) < 4.78 is 11.0. The maximum absolute atomic E-state index is 4.60. The van der Waals surface area contributed by atoms with Crippen LogP contribution in [0.4, 0.5) is 0 Å². The van der Waals surface area contributed by atoms with Crippen LogP contribution in [-0.4, -0.2) is 24.9 Å². The number of hydrogen-bond acceptors (Lipinski definition) is 5. The van der Waals surface area contributed by atoms with Gasteiger partial charge in [-0.15, -0.1) is 0 Å². The first-order valence-corrected chi connectivity index (χ1v) is 38.0. The van der Waals surface area contributed by atoms with Crippen molar-refractivity contribution in [2.24, 2.45) is 47.1 Å². The van der Waals surface area contributed by atoms with E-state index in [1.807, 2.05) is 43.4 Å². The molecule has 10 heterocycles. The molecule has 0 unspecified atom stereocenters. The van der Waals surface area contributed by atoms with Crippen LogP contribution in [0.25, 0.3) is 111 Å². The van der Waals surface area contributed by atoms with Gasteiger partial charge in [-0.2, -0.15) is 4.57 Å². The third kappa shape index (κ3) is 18.1. The fraction of sp³-hybridized carbons (Fsp3) is 0.278. The Bertz CT molecular complexity index is 5320. The topological polar surface area (TPSA) is 83.8 Å². The standard InChI is InChI=1S/2C20H23N2.3C19H21N2/c1-14(2)9-16-11-21-12-17-10-20(22(4)13-19(16)17)18-8-6-5-7-15(18)3;1-14(2)11-16-9-10-21-19-12-20(22(4)13-18(16)19)17-8-6-5-7-15(17)3;1-13(2)16-9-15-10-19(17-8-6-5-7-14(17)3)21(4)12-18(15)20-11-16;1-13(2)17-11-20-10-15-9-19(21(4)12-18(15)17)16-8-6-5-7-14(16)3;1-13(2)15-9-10-20-18-11-19(21(4)12-17(15)18)16-8-6-5-7-14(16)3/h5-8,10-14H,9H2,1-4H3;5-10,12-14H,11H2,1-4H3;3*5-13H,1-4H3/q5*+1. The molecule has 10 heteroatoms. The molecule has 0 aliphatic rings. The maximum Gasteiger partial charge on any atom is 0.214 e. The molecule has 5 aromatic carbocycles. The van der Waals surface area contributed by atoms with Gasteiger partial charge in [0, 0.05) is 118 Å². The highest BCUT2D eigenvalue weighted by Crippen LogP contribution is 2.33. The third-order valence-electron chi connectivity index (χ3n) is 20.5. The predicted octanol–water partition coefficient (Wildman–Crippen LogP) is 20.9. The first-order chi connectivity index (χ1) is 51.3. The van der Waals surface area contributed by atoms with Gasteiger partial charge in [-0.05, 0) is 181 Å². The van der Waals surface area contributed by atoms with Crippen molar-refractivity contribution in [2.75, 3.05) is 0 Å². The van der Waals surface area contributed by atoms with Gasteiger partial charge < -0.3 is 0 Å². The molecule has 0 saturated heterocycles. The minimum absolute atomic E-state index is 0.477. The number of nitrogens with zero attached hydrogens (tertiary/aromatic N) is 10. The molecule has 0 aliphatic heterocycles. The zero-order valence-corrected chi connectivity index (χ0v) is 66.9. The van der Waals surface area contributed by atoms with E-state index in [9.17, 15) is 0 Å². The lowest BCUT2D eigenvalue weighted by Crippen LogP contribution is -2.31. The second-order valence-electron chi connectivity index (χ2n) is 30.8. The zero-order valence-electron chi connectivity index (χ0n) is 66.9. The first-order valence-electron chi connectivity index (χ1n) is 38.0. The monoisotopic (exact) mass is 1410 g/mol. The molecule has 0 saturated carbocycles. The van der Waals surface area contributed by atoms with Gasteiger partial charge in [0.1, 0.15) is 40.8 Å². The average molecular weight is 1420 g/mol. The van der Waals surface area contributed by atoms with Crippen molar-refractivity contribution in [2.45, 2.75) is 134 Å². The quantitative estimate of drug-likeness (QED) is 0.114. The maximum atomic E-state index is 4.60. The van der Waals surface area contributed by atoms with Gasteiger partial charge >= 0.3 is 0 Å². The number of benzene rings is 5. The van der Waals surface area contributed by atoms with Crippen molar-refractivity contribution < 1.29 is 22.8 Å². The molecule has 0 radical (unpaired) electrons. The van der Waals surface area contributed by atoms with E-state index < -0.39 is 0 Å². The number of aryl methyl sites for hydroxylation is 10. The van der Waals surface area contributed by atoms with Crippen LogP contribution >= 0.6 is 0 Å². The second-order valence-corrected chi connectivity index (χ2v) is 30.8. The van der Waals surface area contributed by atoms with Crippen LogP contribution in [0, 0.1) is 46.5 Å². The average Bonchev–Trinajstić information content (AvgIpc) is 0.808. The predicted molar refractivity (Wildman–Crippen MR) is 445 cm³/mol. The van der Waals surface area contributed by atoms with Crippen LogP contribution < -0.4 is 22.8 Å². The molecule has 0 fully saturated rings. The van der Waals surface area contributed by atoms with Crippen LogP contribution in [0.1, 0.15) is 143 Å². The molecule has 0 bridgehead atoms. The van der Waals surface area contributed by atoms with Crippen LogP contribution in [0.2, 0.25) is 0 Å². The normalized spacial score (nSPS) is 11.3. The Balaban J connectivity index is 0.000000133. The Kier molecular flexibility index (Phi) is 24.8. The molecule has 0 N–H and O–H groups in total. The first kappa shape index (κ1) is 77.0. The van der Waals surface area contributed by atoms with Crippen molar-refractivity contribution in [3.63, 3.8) is 0 Å². The van der Waals surface area contributed by atoms with E-state index in [1.54, 1.807) is 0 Å². The van der Waals surface area contributed by atoms with E-state index in [-0.39, 0.29) is 0 Å². The molecule has 0 spiro atoms. The number of rotatable bonds is 12. The van der Waals surface area contributed by atoms with Crippen molar-refractivity contribution in [3.8, 4) is 56.3 Å². The lowest BCUT2D eigenvalue weighted by atomic mass is 9.98. The molecule has 10 nitrogen and oxygen atoms in total. The number of fused-ring (bicyclic) bond motifs is 5. The fourth-order valence-corrected chi connectivity index (χ4v) is 14.5. The summed E-state index contributed by atoms with van der Waals surface area (Å²) in [6.07, 6.45) is 26.9. The van der Waals surface area contributed by atoms with Crippen molar-refractivity contribution in [1.82, 2.24) is 24.9 Å². The van der Waals surface area contributed by atoms with Crippen molar-refractivity contribution in [1.29, 1.82) is 0 Å². The Morgan fingerprint density at radius 2 is 0.654 bits per heavy atom. The van der Waals surface area contributed by atoms with Gasteiger partial charge in [-0.25, -0.2) is 23.3 Å². The Hall–Kier alpha value is -11.1. The van der Waals surface area contributed by atoms with Gasteiger partial charge in [0.05, 0.1) is 32.6 Å². The summed E-state index contributed by atoms with van der Waals surface area (Å²) in [4.78, 5) is 22.6. The van der Waals surface area contributed by atoms with Crippen LogP contribution in [0.5, 0.6) is 0 Å². The lowest BCUT2D eigenvalue weighted by Gasteiger charge is -2.10. The van der Waals surface area contributed by atoms with E-state index in [0.29, 0.717) is 29.6 Å². The summed E-state index contributed by atoms with van der Waals surface area (Å²) >= 11 is 0. The Labute approximate surface area is 635 Å². The summed E-state index contributed by atoms with van der Waals surface area (Å²) in [5.41, 5.74) is 28.7. The van der Waals surface area contributed by atoms with Gasteiger partial charge in [-0.3, -0.25) is 19.9 Å². The second kappa shape index (κ2) is 34.4. The summed E-state index contributed by atoms with van der Waals surface area (Å²) in [6, 6.07) is 60.2. The molecule has 0 amide bonds. The van der Waals surface area contributed by atoms with E-state index in [0.717, 1.165) is 29.4 Å². The van der Waals surface area contributed by atoms with E-state index in [1.165, 1.54) is 150 Å². The molecule has 107 heavy (non-hydrogen) atoms. The van der Waals surface area contributed by atoms with E-state index in [2.05, 4.69) is 388 Å². The molecule has 10 aromatic heterocycles. The number of hydrogen-bond donors (Lipinski definition) is 0. The number of aromatic nitrogens is 10. The molecule has 15 rings (SSSR count). The highest BCUT2D eigenvalue weighted by molar-refractivity contribution is 5.89. The Morgan fingerprint density at radius 1 is 0.290 bits per heavy atom. The van der Waals surface area contributed by atoms with Crippen LogP contribution in [0.15, 0.2) is 244 Å². The lowest BCUT2D eigenvalue weighted by molar-refractivity contribution is -0.659. The van der Waals surface area contributed by atoms with Crippen molar-refractivity contribution in [3.05, 3.63) is 300 Å². The van der Waals surface area contributed by atoms with Gasteiger partial charge in [-0.1, -0.05) is 160 Å². The summed E-state index contributed by atoms with van der Waals surface area (Å²) in [7, 11) is 10.6. The minimum Gasteiger partial charge on any atom is -0.264 e. The molecule has 0 aliphatic carbocycles. The minimum atomic E-state index is 0.477. The number of pyridine rings is 10. The largest absolute Gasteiger partial charge is 0.264 e.